The summed E-state index contributed by atoms with van der Waals surface area (Å²) in [4.78, 5) is 12.3. The summed E-state index contributed by atoms with van der Waals surface area (Å²) in [6.45, 7) is 0. The normalized spacial score (nSPS) is 29.1. The Balaban J connectivity index is 2.12. The van der Waals surface area contributed by atoms with Crippen molar-refractivity contribution in [2.45, 2.75) is 29.7 Å². The van der Waals surface area contributed by atoms with Gasteiger partial charge >= 0.3 is 5.63 Å². The standard InChI is InChI=1S/C14H11BrO3/c15-12-8-5-6-10(12)17-13-11(8)7-3-1-2-4-9(7)18-14(13)16/h1-4,8,10,12H,5-6H2/t8-,10-,12+/m0/s1. The summed E-state index contributed by atoms with van der Waals surface area (Å²) in [5, 5.41) is 1.00. The van der Waals surface area contributed by atoms with E-state index in [-0.39, 0.29) is 11.7 Å². The van der Waals surface area contributed by atoms with Crippen LogP contribution in [0.2, 0.25) is 0 Å². The lowest BCUT2D eigenvalue weighted by molar-refractivity contribution is 0.193. The second-order valence-corrected chi connectivity index (χ2v) is 5.97. The molecule has 0 unspecified atom stereocenters. The van der Waals surface area contributed by atoms with Crippen LogP contribution in [0.3, 0.4) is 0 Å². The van der Waals surface area contributed by atoms with Gasteiger partial charge in [-0.15, -0.1) is 0 Å². The van der Waals surface area contributed by atoms with Crippen LogP contribution in [0.25, 0.3) is 11.0 Å². The summed E-state index contributed by atoms with van der Waals surface area (Å²) in [7, 11) is 0. The summed E-state index contributed by atoms with van der Waals surface area (Å²) < 4.78 is 11.1. The highest BCUT2D eigenvalue weighted by atomic mass is 79.9. The molecule has 1 fully saturated rings. The predicted molar refractivity (Wildman–Crippen MR) is 71.6 cm³/mol. The van der Waals surface area contributed by atoms with Crippen molar-refractivity contribution in [3.8, 4) is 5.75 Å². The number of hydrogen-bond donors (Lipinski definition) is 0. The number of para-hydroxylation sites is 1. The van der Waals surface area contributed by atoms with Gasteiger partial charge in [-0.2, -0.15) is 0 Å². The first-order valence-corrected chi connectivity index (χ1v) is 7.04. The van der Waals surface area contributed by atoms with Crippen LogP contribution in [0, 0.1) is 0 Å². The smallest absolute Gasteiger partial charge is 0.379 e. The zero-order chi connectivity index (χ0) is 12.3. The van der Waals surface area contributed by atoms with Crippen LogP contribution in [-0.2, 0) is 0 Å². The Morgan fingerprint density at radius 1 is 1.22 bits per heavy atom. The molecule has 3 nitrogen and oxygen atoms in total. The monoisotopic (exact) mass is 306 g/mol. The quantitative estimate of drug-likeness (QED) is 0.554. The molecule has 4 rings (SSSR count). The first kappa shape index (κ1) is 10.6. The van der Waals surface area contributed by atoms with E-state index < -0.39 is 0 Å². The Morgan fingerprint density at radius 2 is 2.06 bits per heavy atom. The van der Waals surface area contributed by atoms with E-state index in [1.54, 1.807) is 0 Å². The summed E-state index contributed by atoms with van der Waals surface area (Å²) in [6, 6.07) is 7.68. The molecule has 1 aromatic carbocycles. The molecule has 1 aliphatic carbocycles. The van der Waals surface area contributed by atoms with Gasteiger partial charge in [0.25, 0.3) is 0 Å². The van der Waals surface area contributed by atoms with Gasteiger partial charge in [0, 0.05) is 16.9 Å². The molecule has 2 aliphatic rings. The van der Waals surface area contributed by atoms with Crippen LogP contribution < -0.4 is 10.4 Å². The molecule has 1 aliphatic heterocycles. The van der Waals surface area contributed by atoms with E-state index in [9.17, 15) is 4.79 Å². The van der Waals surface area contributed by atoms with Gasteiger partial charge in [0.15, 0.2) is 0 Å². The highest BCUT2D eigenvalue weighted by molar-refractivity contribution is 9.09. The Kier molecular flexibility index (Phi) is 2.13. The number of alkyl halides is 1. The third-order valence-corrected chi connectivity index (χ3v) is 5.18. The largest absolute Gasteiger partial charge is 0.482 e. The lowest BCUT2D eigenvalue weighted by Crippen LogP contribution is -2.32. The molecule has 18 heavy (non-hydrogen) atoms. The Bertz CT molecular complexity index is 691. The fraction of sp³-hybridized carbons (Fsp3) is 0.357. The minimum atomic E-state index is -0.347. The van der Waals surface area contributed by atoms with E-state index in [4.69, 9.17) is 9.15 Å². The summed E-state index contributed by atoms with van der Waals surface area (Å²) in [5.74, 6) is 0.782. The lowest BCUT2D eigenvalue weighted by atomic mass is 9.92. The van der Waals surface area contributed by atoms with Crippen molar-refractivity contribution < 1.29 is 9.15 Å². The maximum Gasteiger partial charge on any atom is 0.379 e. The molecule has 2 bridgehead atoms. The predicted octanol–water partition coefficient (Wildman–Crippen LogP) is 3.19. The molecule has 1 saturated carbocycles. The van der Waals surface area contributed by atoms with Gasteiger partial charge in [-0.25, -0.2) is 4.79 Å². The van der Waals surface area contributed by atoms with E-state index >= 15 is 0 Å². The molecule has 2 aromatic rings. The molecule has 2 heterocycles. The molecular formula is C14H11BrO3. The van der Waals surface area contributed by atoms with Gasteiger partial charge in [0.2, 0.25) is 5.75 Å². The Morgan fingerprint density at radius 3 is 2.94 bits per heavy atom. The minimum absolute atomic E-state index is 0.103. The van der Waals surface area contributed by atoms with Crippen LogP contribution in [0.4, 0.5) is 0 Å². The highest BCUT2D eigenvalue weighted by Crippen LogP contribution is 2.49. The fourth-order valence-corrected chi connectivity index (χ4v) is 4.04. The van der Waals surface area contributed by atoms with Gasteiger partial charge < -0.3 is 9.15 Å². The molecular weight excluding hydrogens is 296 g/mol. The SMILES string of the molecule is O=c1oc2ccccc2c2c1O[C@H]1CC[C@@H]2[C@H]1Br. The van der Waals surface area contributed by atoms with E-state index in [0.29, 0.717) is 22.1 Å². The van der Waals surface area contributed by atoms with Crippen LogP contribution in [0.1, 0.15) is 24.3 Å². The van der Waals surface area contributed by atoms with E-state index in [1.165, 1.54) is 0 Å². The van der Waals surface area contributed by atoms with Crippen molar-refractivity contribution in [1.29, 1.82) is 0 Å². The van der Waals surface area contributed by atoms with E-state index in [0.717, 1.165) is 23.8 Å². The zero-order valence-electron chi connectivity index (χ0n) is 9.56. The second-order valence-electron chi connectivity index (χ2n) is 4.91. The van der Waals surface area contributed by atoms with Gasteiger partial charge in [-0.3, -0.25) is 0 Å². The van der Waals surface area contributed by atoms with Crippen LogP contribution in [-0.4, -0.2) is 10.9 Å². The number of benzene rings is 1. The lowest BCUT2D eigenvalue weighted by Gasteiger charge is -2.28. The van der Waals surface area contributed by atoms with Crippen molar-refractivity contribution in [2.75, 3.05) is 0 Å². The molecule has 92 valence electrons. The number of halogens is 1. The molecule has 1 aromatic heterocycles. The number of fused-ring (bicyclic) bond motifs is 6. The van der Waals surface area contributed by atoms with Gasteiger partial charge in [-0.1, -0.05) is 34.1 Å². The summed E-state index contributed by atoms with van der Waals surface area (Å²) >= 11 is 3.70. The van der Waals surface area contributed by atoms with Crippen molar-refractivity contribution in [2.24, 2.45) is 0 Å². The van der Waals surface area contributed by atoms with Gasteiger partial charge in [0.05, 0.1) is 4.83 Å². The molecule has 0 amide bonds. The number of ether oxygens (including phenoxy) is 1. The minimum Gasteiger partial charge on any atom is -0.482 e. The average Bonchev–Trinajstić information content (AvgIpc) is 2.62. The third-order valence-electron chi connectivity index (χ3n) is 3.95. The van der Waals surface area contributed by atoms with Gasteiger partial charge in [0.1, 0.15) is 11.7 Å². The maximum absolute atomic E-state index is 12.0. The molecule has 0 saturated heterocycles. The van der Waals surface area contributed by atoms with E-state index in [1.807, 2.05) is 24.3 Å². The molecule has 0 radical (unpaired) electrons. The van der Waals surface area contributed by atoms with Gasteiger partial charge in [-0.05, 0) is 18.9 Å². The van der Waals surface area contributed by atoms with Crippen molar-refractivity contribution in [3.63, 3.8) is 0 Å². The topological polar surface area (TPSA) is 39.4 Å². The molecule has 3 atom stereocenters. The maximum atomic E-state index is 12.0. The van der Waals surface area contributed by atoms with Crippen LogP contribution >= 0.6 is 15.9 Å². The second kappa shape index (κ2) is 3.60. The summed E-state index contributed by atoms with van der Waals surface area (Å²) in [6.07, 6.45) is 2.15. The number of rotatable bonds is 0. The number of hydrogen-bond acceptors (Lipinski definition) is 3. The fourth-order valence-electron chi connectivity index (χ4n) is 3.14. The van der Waals surface area contributed by atoms with Crippen LogP contribution in [0.5, 0.6) is 5.75 Å². The average molecular weight is 307 g/mol. The molecule has 0 spiro atoms. The van der Waals surface area contributed by atoms with E-state index in [2.05, 4.69) is 15.9 Å². The molecule has 4 heteroatoms. The Labute approximate surface area is 112 Å². The first-order valence-electron chi connectivity index (χ1n) is 6.12. The summed E-state index contributed by atoms with van der Waals surface area (Å²) in [5.41, 5.74) is 1.33. The Hall–Kier alpha value is -1.29. The third kappa shape index (κ3) is 1.27. The zero-order valence-corrected chi connectivity index (χ0v) is 11.1. The van der Waals surface area contributed by atoms with Crippen molar-refractivity contribution in [1.82, 2.24) is 0 Å². The molecule has 0 N–H and O–H groups in total. The highest BCUT2D eigenvalue weighted by Gasteiger charge is 2.44. The van der Waals surface area contributed by atoms with Crippen molar-refractivity contribution in [3.05, 3.63) is 40.2 Å². The first-order chi connectivity index (χ1) is 8.75. The van der Waals surface area contributed by atoms with Crippen molar-refractivity contribution >= 4 is 26.9 Å². The van der Waals surface area contributed by atoms with Crippen LogP contribution in [0.15, 0.2) is 33.5 Å².